The van der Waals surface area contributed by atoms with Crippen molar-refractivity contribution in [3.8, 4) is 0 Å². The number of carbonyl (C=O) groups excluding carboxylic acids is 1. The molecule has 0 aliphatic carbocycles. The summed E-state index contributed by atoms with van der Waals surface area (Å²) in [5.41, 5.74) is 0. The van der Waals surface area contributed by atoms with E-state index in [2.05, 4.69) is 27.8 Å². The largest absolute Gasteiger partial charge is 0.379 e. The first-order valence-corrected chi connectivity index (χ1v) is 5.46. The molecule has 0 N–H and O–H groups in total. The first-order valence-electron chi connectivity index (χ1n) is 4.50. The molecule has 1 fully saturated rings. The summed E-state index contributed by atoms with van der Waals surface area (Å²) in [6, 6.07) is 0. The molecular formula is C8H15IN2O2. The second kappa shape index (κ2) is 5.77. The van der Waals surface area contributed by atoms with Crippen molar-refractivity contribution >= 4 is 28.8 Å². The fourth-order valence-electron chi connectivity index (χ4n) is 1.20. The van der Waals surface area contributed by atoms with Gasteiger partial charge >= 0.3 is 0 Å². The molecule has 0 spiro atoms. The van der Waals surface area contributed by atoms with Crippen LogP contribution in [0.25, 0.3) is 0 Å². The van der Waals surface area contributed by atoms with Crippen LogP contribution in [0.5, 0.6) is 0 Å². The van der Waals surface area contributed by atoms with Crippen molar-refractivity contribution in [3.63, 3.8) is 0 Å². The zero-order valence-electron chi connectivity index (χ0n) is 7.83. The summed E-state index contributed by atoms with van der Waals surface area (Å²) in [5.74, 6) is 0.185. The standard InChI is InChI=1S/C8H15IN2O2/c1-2-11(9)8(12)7-10-3-5-13-6-4-10/h2-7H2,1H3. The average molecular weight is 298 g/mol. The van der Waals surface area contributed by atoms with Gasteiger partial charge in [0.25, 0.3) is 0 Å². The molecule has 13 heavy (non-hydrogen) atoms. The van der Waals surface area contributed by atoms with Crippen LogP contribution in [0.1, 0.15) is 6.92 Å². The first kappa shape index (κ1) is 11.2. The summed E-state index contributed by atoms with van der Waals surface area (Å²) in [4.78, 5) is 13.6. The van der Waals surface area contributed by atoms with Crippen LogP contribution >= 0.6 is 22.9 Å². The summed E-state index contributed by atoms with van der Waals surface area (Å²) in [6.45, 7) is 6.52. The lowest BCUT2D eigenvalue weighted by Crippen LogP contribution is -2.42. The molecule has 0 radical (unpaired) electrons. The molecule has 0 saturated carbocycles. The predicted molar refractivity (Wildman–Crippen MR) is 58.7 cm³/mol. The molecule has 1 heterocycles. The van der Waals surface area contributed by atoms with Gasteiger partial charge in [0.2, 0.25) is 5.91 Å². The molecular weight excluding hydrogens is 283 g/mol. The van der Waals surface area contributed by atoms with Crippen LogP contribution in [-0.4, -0.2) is 53.3 Å². The monoisotopic (exact) mass is 298 g/mol. The van der Waals surface area contributed by atoms with Gasteiger partial charge in [-0.2, -0.15) is 0 Å². The van der Waals surface area contributed by atoms with E-state index in [4.69, 9.17) is 4.74 Å². The highest BCUT2D eigenvalue weighted by atomic mass is 127. The third kappa shape index (κ3) is 3.78. The van der Waals surface area contributed by atoms with Gasteiger partial charge in [0, 0.05) is 19.6 Å². The third-order valence-electron chi connectivity index (χ3n) is 2.01. The van der Waals surface area contributed by atoms with Crippen LogP contribution in [0.15, 0.2) is 0 Å². The van der Waals surface area contributed by atoms with Crippen LogP contribution in [0.4, 0.5) is 0 Å². The Morgan fingerprint density at radius 3 is 2.69 bits per heavy atom. The predicted octanol–water partition coefficient (Wildman–Crippen LogP) is 0.517. The molecule has 0 aromatic rings. The number of hydrogen-bond donors (Lipinski definition) is 0. The first-order chi connectivity index (χ1) is 6.24. The molecule has 1 rings (SSSR count). The van der Waals surface area contributed by atoms with E-state index >= 15 is 0 Å². The van der Waals surface area contributed by atoms with Gasteiger partial charge in [-0.15, -0.1) is 0 Å². The zero-order chi connectivity index (χ0) is 9.68. The fraction of sp³-hybridized carbons (Fsp3) is 0.875. The maximum atomic E-state index is 11.5. The van der Waals surface area contributed by atoms with E-state index in [1.54, 1.807) is 3.11 Å². The Morgan fingerprint density at radius 1 is 1.54 bits per heavy atom. The number of rotatable bonds is 3. The van der Waals surface area contributed by atoms with E-state index in [0.717, 1.165) is 32.8 Å². The Morgan fingerprint density at radius 2 is 2.15 bits per heavy atom. The van der Waals surface area contributed by atoms with Gasteiger partial charge in [0.1, 0.15) is 0 Å². The van der Waals surface area contributed by atoms with E-state index in [9.17, 15) is 4.79 Å². The van der Waals surface area contributed by atoms with E-state index in [0.29, 0.717) is 6.54 Å². The van der Waals surface area contributed by atoms with Gasteiger partial charge in [0.15, 0.2) is 0 Å². The molecule has 0 bridgehead atoms. The highest BCUT2D eigenvalue weighted by Crippen LogP contribution is 2.02. The van der Waals surface area contributed by atoms with Gasteiger partial charge in [-0.3, -0.25) is 12.8 Å². The number of amides is 1. The van der Waals surface area contributed by atoms with Gasteiger partial charge in [-0.05, 0) is 6.92 Å². The molecule has 0 unspecified atom stereocenters. The van der Waals surface area contributed by atoms with Crippen LogP contribution in [0.3, 0.4) is 0 Å². The van der Waals surface area contributed by atoms with Gasteiger partial charge < -0.3 is 4.74 Å². The van der Waals surface area contributed by atoms with Crippen molar-refractivity contribution in [2.24, 2.45) is 0 Å². The maximum Gasteiger partial charge on any atom is 0.245 e. The third-order valence-corrected chi connectivity index (χ3v) is 3.23. The Labute approximate surface area is 92.7 Å². The molecule has 0 atom stereocenters. The minimum absolute atomic E-state index is 0.185. The maximum absolute atomic E-state index is 11.5. The lowest BCUT2D eigenvalue weighted by Gasteiger charge is -2.27. The van der Waals surface area contributed by atoms with Crippen molar-refractivity contribution in [2.75, 3.05) is 39.4 Å². The van der Waals surface area contributed by atoms with Crippen LogP contribution in [-0.2, 0) is 9.53 Å². The quantitative estimate of drug-likeness (QED) is 0.562. The minimum Gasteiger partial charge on any atom is -0.379 e. The molecule has 1 amide bonds. The van der Waals surface area contributed by atoms with Gasteiger partial charge in [-0.25, -0.2) is 0 Å². The van der Waals surface area contributed by atoms with E-state index < -0.39 is 0 Å². The zero-order valence-corrected chi connectivity index (χ0v) is 9.99. The van der Waals surface area contributed by atoms with Crippen LogP contribution in [0.2, 0.25) is 0 Å². The molecule has 1 saturated heterocycles. The minimum atomic E-state index is 0.185. The number of likely N-dealkylation sites (N-methyl/N-ethyl adjacent to an activating group) is 1. The van der Waals surface area contributed by atoms with Crippen molar-refractivity contribution in [1.29, 1.82) is 0 Å². The topological polar surface area (TPSA) is 32.8 Å². The summed E-state index contributed by atoms with van der Waals surface area (Å²) < 4.78 is 6.92. The van der Waals surface area contributed by atoms with Crippen molar-refractivity contribution < 1.29 is 9.53 Å². The summed E-state index contributed by atoms with van der Waals surface area (Å²) in [7, 11) is 0. The van der Waals surface area contributed by atoms with Crippen molar-refractivity contribution in [1.82, 2.24) is 8.01 Å². The Bertz CT molecular complexity index is 172. The second-order valence-electron chi connectivity index (χ2n) is 2.96. The number of nitrogens with zero attached hydrogens (tertiary/aromatic N) is 2. The Hall–Kier alpha value is 0.120. The lowest BCUT2D eigenvalue weighted by molar-refractivity contribution is -0.127. The molecule has 5 heteroatoms. The highest BCUT2D eigenvalue weighted by molar-refractivity contribution is 14.1. The van der Waals surface area contributed by atoms with Crippen LogP contribution in [0, 0.1) is 0 Å². The average Bonchev–Trinajstić information content (AvgIpc) is 2.18. The smallest absolute Gasteiger partial charge is 0.245 e. The molecule has 1 aliphatic heterocycles. The van der Waals surface area contributed by atoms with Gasteiger partial charge in [-0.1, -0.05) is 0 Å². The van der Waals surface area contributed by atoms with Crippen LogP contribution < -0.4 is 0 Å². The number of carbonyl (C=O) groups is 1. The summed E-state index contributed by atoms with van der Waals surface area (Å²) in [5, 5.41) is 0. The second-order valence-corrected chi connectivity index (χ2v) is 4.13. The molecule has 76 valence electrons. The molecule has 0 aromatic carbocycles. The Balaban J connectivity index is 2.26. The molecule has 1 aliphatic rings. The van der Waals surface area contributed by atoms with Crippen molar-refractivity contribution in [3.05, 3.63) is 0 Å². The molecule has 4 nitrogen and oxygen atoms in total. The van der Waals surface area contributed by atoms with Gasteiger partial charge in [0.05, 0.1) is 42.6 Å². The molecule has 0 aromatic heterocycles. The number of halogens is 1. The summed E-state index contributed by atoms with van der Waals surface area (Å²) in [6.07, 6.45) is 0. The number of hydrogen-bond acceptors (Lipinski definition) is 3. The van der Waals surface area contributed by atoms with Crippen molar-refractivity contribution in [2.45, 2.75) is 6.92 Å². The number of ether oxygens (including phenoxy) is 1. The SMILES string of the molecule is CCN(I)C(=O)CN1CCOCC1. The summed E-state index contributed by atoms with van der Waals surface area (Å²) >= 11 is 2.05. The lowest BCUT2D eigenvalue weighted by atomic mass is 10.4. The van der Waals surface area contributed by atoms with E-state index in [1.165, 1.54) is 0 Å². The normalized spacial score (nSPS) is 18.6. The Kier molecular flexibility index (Phi) is 4.97. The van der Waals surface area contributed by atoms with E-state index in [-0.39, 0.29) is 5.91 Å². The highest BCUT2D eigenvalue weighted by Gasteiger charge is 2.16. The van der Waals surface area contributed by atoms with E-state index in [1.807, 2.05) is 6.92 Å². The number of morpholine rings is 1. The fourth-order valence-corrected chi connectivity index (χ4v) is 1.36.